The predicted octanol–water partition coefficient (Wildman–Crippen LogP) is 2.96. The fourth-order valence-electron chi connectivity index (χ4n) is 3.33. The van der Waals surface area contributed by atoms with Gasteiger partial charge in [0.1, 0.15) is 0 Å². The van der Waals surface area contributed by atoms with E-state index in [4.69, 9.17) is 0 Å². The number of nitrogens with zero attached hydrogens (tertiary/aromatic N) is 5. The van der Waals surface area contributed by atoms with Crippen molar-refractivity contribution in [2.75, 3.05) is 30.8 Å². The van der Waals surface area contributed by atoms with E-state index in [1.807, 2.05) is 37.4 Å². The van der Waals surface area contributed by atoms with Crippen LogP contribution < -0.4 is 4.90 Å². The second-order valence-corrected chi connectivity index (χ2v) is 8.04. The fraction of sp³-hybridized carbons (Fsp3) is 0.526. The minimum absolute atomic E-state index is 0.118. The van der Waals surface area contributed by atoms with Crippen LogP contribution in [0, 0.1) is 0 Å². The first-order valence-electron chi connectivity index (χ1n) is 9.33. The topological polar surface area (TPSA) is 54.3 Å². The molecule has 0 radical (unpaired) electrons. The molecule has 138 valence electrons. The molecule has 2 fully saturated rings. The van der Waals surface area contributed by atoms with Crippen molar-refractivity contribution in [1.82, 2.24) is 19.7 Å². The zero-order valence-corrected chi connectivity index (χ0v) is 16.0. The average molecular weight is 372 g/mol. The Morgan fingerprint density at radius 2 is 1.92 bits per heavy atom. The van der Waals surface area contributed by atoms with E-state index in [2.05, 4.69) is 19.7 Å². The lowest BCUT2D eigenvalue weighted by atomic mass is 10.2. The molecular formula is C19H25N5OS. The first kappa shape index (κ1) is 17.4. The first-order valence-corrected chi connectivity index (χ1v) is 10.3. The normalized spacial score (nSPS) is 16.9. The fourth-order valence-corrected chi connectivity index (χ4v) is 4.28. The van der Waals surface area contributed by atoms with Gasteiger partial charge in [0.15, 0.2) is 5.16 Å². The molecule has 4 rings (SSSR count). The highest BCUT2D eigenvalue weighted by Gasteiger charge is 2.32. The summed E-state index contributed by atoms with van der Waals surface area (Å²) in [6, 6.07) is 10.6. The summed E-state index contributed by atoms with van der Waals surface area (Å²) in [5.74, 6) is 1.51. The van der Waals surface area contributed by atoms with Crippen LogP contribution in [0.2, 0.25) is 0 Å². The van der Waals surface area contributed by atoms with Gasteiger partial charge in [-0.3, -0.25) is 9.36 Å². The molecule has 1 aromatic heterocycles. The van der Waals surface area contributed by atoms with E-state index in [1.165, 1.54) is 37.4 Å². The molecule has 1 saturated heterocycles. The zero-order chi connectivity index (χ0) is 17.9. The third kappa shape index (κ3) is 3.87. The van der Waals surface area contributed by atoms with Crippen LogP contribution in [-0.4, -0.2) is 51.5 Å². The number of aromatic nitrogens is 3. The third-order valence-electron chi connectivity index (χ3n) is 4.96. The lowest BCUT2D eigenvalue weighted by molar-refractivity contribution is -0.127. The monoisotopic (exact) mass is 371 g/mol. The van der Waals surface area contributed by atoms with E-state index in [-0.39, 0.29) is 5.91 Å². The van der Waals surface area contributed by atoms with Crippen LogP contribution in [0.25, 0.3) is 0 Å². The van der Waals surface area contributed by atoms with Crippen LogP contribution in [-0.2, 0) is 11.3 Å². The molecule has 6 nitrogen and oxygen atoms in total. The predicted molar refractivity (Wildman–Crippen MR) is 103 cm³/mol. The Hall–Kier alpha value is -2.02. The van der Waals surface area contributed by atoms with Crippen molar-refractivity contribution >= 4 is 23.6 Å². The highest BCUT2D eigenvalue weighted by Crippen LogP contribution is 2.41. The lowest BCUT2D eigenvalue weighted by Gasteiger charge is -2.19. The smallest absolute Gasteiger partial charge is 0.233 e. The number of benzene rings is 1. The van der Waals surface area contributed by atoms with Gasteiger partial charge in [0.2, 0.25) is 11.9 Å². The van der Waals surface area contributed by atoms with E-state index in [1.54, 1.807) is 4.90 Å². The van der Waals surface area contributed by atoms with E-state index >= 15 is 0 Å². The number of anilines is 1. The molecule has 26 heavy (non-hydrogen) atoms. The summed E-state index contributed by atoms with van der Waals surface area (Å²) in [7, 11) is 1.86. The van der Waals surface area contributed by atoms with E-state index < -0.39 is 0 Å². The van der Waals surface area contributed by atoms with Gasteiger partial charge in [-0.1, -0.05) is 42.1 Å². The van der Waals surface area contributed by atoms with Gasteiger partial charge in [-0.05, 0) is 31.2 Å². The minimum Gasteiger partial charge on any atom is -0.341 e. The minimum atomic E-state index is 0.118. The number of rotatable bonds is 7. The van der Waals surface area contributed by atoms with Crippen molar-refractivity contribution in [2.24, 2.45) is 0 Å². The Balaban J connectivity index is 1.39. The Morgan fingerprint density at radius 1 is 1.19 bits per heavy atom. The number of thioether (sulfide) groups is 1. The SMILES string of the molecule is CN(Cc1ccccc1)C(=O)CSc1nnc(N2CCCC2)n1C1CC1. The number of carbonyl (C=O) groups is 1. The van der Waals surface area contributed by atoms with Crippen LogP contribution in [0.5, 0.6) is 0 Å². The molecule has 2 heterocycles. The summed E-state index contributed by atoms with van der Waals surface area (Å²) in [4.78, 5) is 16.6. The number of amides is 1. The van der Waals surface area contributed by atoms with Crippen molar-refractivity contribution in [3.05, 3.63) is 35.9 Å². The molecular weight excluding hydrogens is 346 g/mol. The summed E-state index contributed by atoms with van der Waals surface area (Å²) in [6.07, 6.45) is 4.83. The van der Waals surface area contributed by atoms with Gasteiger partial charge >= 0.3 is 0 Å². The van der Waals surface area contributed by atoms with Gasteiger partial charge in [-0.2, -0.15) is 0 Å². The van der Waals surface area contributed by atoms with E-state index in [0.717, 1.165) is 29.8 Å². The maximum Gasteiger partial charge on any atom is 0.233 e. The van der Waals surface area contributed by atoms with Gasteiger partial charge in [-0.25, -0.2) is 0 Å². The maximum absolute atomic E-state index is 12.5. The van der Waals surface area contributed by atoms with Crippen molar-refractivity contribution in [3.63, 3.8) is 0 Å². The summed E-state index contributed by atoms with van der Waals surface area (Å²) in [6.45, 7) is 2.76. The number of hydrogen-bond acceptors (Lipinski definition) is 5. The van der Waals surface area contributed by atoms with Crippen LogP contribution >= 0.6 is 11.8 Å². The van der Waals surface area contributed by atoms with Crippen molar-refractivity contribution < 1.29 is 4.79 Å². The Morgan fingerprint density at radius 3 is 2.62 bits per heavy atom. The Labute approximate surface area is 158 Å². The molecule has 0 N–H and O–H groups in total. The van der Waals surface area contributed by atoms with Crippen LogP contribution in [0.4, 0.5) is 5.95 Å². The summed E-state index contributed by atoms with van der Waals surface area (Å²) < 4.78 is 2.26. The molecule has 0 spiro atoms. The van der Waals surface area contributed by atoms with Crippen molar-refractivity contribution in [3.8, 4) is 0 Å². The highest BCUT2D eigenvalue weighted by atomic mass is 32.2. The van der Waals surface area contributed by atoms with Crippen molar-refractivity contribution in [1.29, 1.82) is 0 Å². The zero-order valence-electron chi connectivity index (χ0n) is 15.2. The van der Waals surface area contributed by atoms with Crippen LogP contribution in [0.15, 0.2) is 35.5 Å². The standard InChI is InChI=1S/C19H25N5OS/c1-22(13-15-7-3-2-4-8-15)17(25)14-26-19-21-20-18(23-11-5-6-12-23)24(19)16-9-10-16/h2-4,7-8,16H,5-6,9-14H2,1H3. The molecule has 2 aromatic rings. The number of carbonyl (C=O) groups excluding carboxylic acids is 1. The molecule has 1 aromatic carbocycles. The number of hydrogen-bond donors (Lipinski definition) is 0. The van der Waals surface area contributed by atoms with Crippen molar-refractivity contribution in [2.45, 2.75) is 43.4 Å². The summed E-state index contributed by atoms with van der Waals surface area (Å²) in [5.41, 5.74) is 1.14. The van der Waals surface area contributed by atoms with Gasteiger partial charge < -0.3 is 9.80 Å². The van der Waals surface area contributed by atoms with Gasteiger partial charge in [-0.15, -0.1) is 10.2 Å². The average Bonchev–Trinajstić information content (AvgIpc) is 3.18. The maximum atomic E-state index is 12.5. The van der Waals surface area contributed by atoms with Gasteiger partial charge in [0.25, 0.3) is 0 Å². The molecule has 7 heteroatoms. The quantitative estimate of drug-likeness (QED) is 0.701. The first-order chi connectivity index (χ1) is 12.7. The Bertz CT molecular complexity index is 753. The second-order valence-electron chi connectivity index (χ2n) is 7.10. The lowest BCUT2D eigenvalue weighted by Crippen LogP contribution is -2.28. The molecule has 0 unspecified atom stereocenters. The highest BCUT2D eigenvalue weighted by molar-refractivity contribution is 7.99. The summed E-state index contributed by atoms with van der Waals surface area (Å²) >= 11 is 1.51. The van der Waals surface area contributed by atoms with Gasteiger partial charge in [0.05, 0.1) is 5.75 Å². The molecule has 0 atom stereocenters. The van der Waals surface area contributed by atoms with E-state index in [9.17, 15) is 4.79 Å². The molecule has 1 saturated carbocycles. The third-order valence-corrected chi connectivity index (χ3v) is 5.89. The van der Waals surface area contributed by atoms with E-state index in [0.29, 0.717) is 18.3 Å². The van der Waals surface area contributed by atoms with Crippen LogP contribution in [0.1, 0.15) is 37.3 Å². The molecule has 1 aliphatic carbocycles. The molecule has 2 aliphatic rings. The Kier molecular flexibility index (Phi) is 5.15. The second kappa shape index (κ2) is 7.70. The van der Waals surface area contributed by atoms with Crippen LogP contribution in [0.3, 0.4) is 0 Å². The van der Waals surface area contributed by atoms with Gasteiger partial charge in [0, 0.05) is 32.7 Å². The molecule has 1 aliphatic heterocycles. The molecule has 0 bridgehead atoms. The largest absolute Gasteiger partial charge is 0.341 e. The molecule has 1 amide bonds. The summed E-state index contributed by atoms with van der Waals surface area (Å²) in [5, 5.41) is 9.73.